The van der Waals surface area contributed by atoms with Crippen LogP contribution in [0.3, 0.4) is 0 Å². The molecular formula is C28H27F4N5O2. The number of urea groups is 1. The number of carbonyl (C=O) groups is 2. The van der Waals surface area contributed by atoms with E-state index in [0.717, 1.165) is 23.3 Å². The highest BCUT2D eigenvalue weighted by atomic mass is 19.4. The summed E-state index contributed by atoms with van der Waals surface area (Å²) in [5, 5.41) is 5.80. The first-order chi connectivity index (χ1) is 18.7. The smallest absolute Gasteiger partial charge is 0.355 e. The van der Waals surface area contributed by atoms with Gasteiger partial charge >= 0.3 is 12.2 Å². The van der Waals surface area contributed by atoms with Crippen molar-refractivity contribution in [2.75, 3.05) is 30.3 Å². The number of amides is 3. The van der Waals surface area contributed by atoms with Crippen molar-refractivity contribution in [3.8, 4) is 0 Å². The molecule has 1 saturated heterocycles. The lowest BCUT2D eigenvalue weighted by atomic mass is 9.93. The van der Waals surface area contributed by atoms with Gasteiger partial charge in [-0.25, -0.2) is 14.2 Å². The summed E-state index contributed by atoms with van der Waals surface area (Å²) in [4.78, 5) is 33.7. The number of likely N-dealkylation sites (tertiary alicyclic amines) is 1. The second-order valence-corrected chi connectivity index (χ2v) is 9.70. The average molecular weight is 542 g/mol. The molecule has 1 fully saturated rings. The number of nitrogens with one attached hydrogen (secondary N) is 2. The summed E-state index contributed by atoms with van der Waals surface area (Å²) in [6.45, 7) is 1.72. The maximum atomic E-state index is 14.1. The highest BCUT2D eigenvalue weighted by Crippen LogP contribution is 2.34. The van der Waals surface area contributed by atoms with Crippen LogP contribution >= 0.6 is 0 Å². The summed E-state index contributed by atoms with van der Waals surface area (Å²) in [7, 11) is 0. The molecule has 2 aromatic carbocycles. The number of rotatable bonds is 4. The van der Waals surface area contributed by atoms with Crippen LogP contribution in [0.2, 0.25) is 0 Å². The Hall–Kier alpha value is -4.15. The summed E-state index contributed by atoms with van der Waals surface area (Å²) in [6.07, 6.45) is -1.23. The van der Waals surface area contributed by atoms with E-state index >= 15 is 0 Å². The lowest BCUT2D eigenvalue weighted by molar-refractivity contribution is -0.140. The molecule has 5 rings (SSSR count). The minimum absolute atomic E-state index is 0.0147. The number of piperidine rings is 1. The molecule has 0 bridgehead atoms. The van der Waals surface area contributed by atoms with Gasteiger partial charge in [0.15, 0.2) is 0 Å². The van der Waals surface area contributed by atoms with Crippen LogP contribution in [0.5, 0.6) is 0 Å². The van der Waals surface area contributed by atoms with E-state index in [-0.39, 0.29) is 23.5 Å². The summed E-state index contributed by atoms with van der Waals surface area (Å²) in [5.41, 5.74) is 1.40. The van der Waals surface area contributed by atoms with Crippen molar-refractivity contribution in [1.29, 1.82) is 0 Å². The maximum absolute atomic E-state index is 14.1. The molecule has 7 nitrogen and oxygen atoms in total. The standard InChI is InChI=1S/C28H27F4N5O2/c29-23-15-20(9-10-22(23)28(30,31)32)34-24-7-3-5-18-16-36(14-11-21(18)24)26(38)19-6-4-13-37(17-19)27(39)35-25-8-1-2-12-33-25/h1-3,5,7-10,12,15,19,34H,4,6,11,13-14,16-17H2,(H,33,35,39). The van der Waals surface area contributed by atoms with Crippen LogP contribution in [0.15, 0.2) is 60.8 Å². The normalized spacial score (nSPS) is 17.4. The Morgan fingerprint density at radius 2 is 1.85 bits per heavy atom. The summed E-state index contributed by atoms with van der Waals surface area (Å²) in [5.74, 6) is -1.22. The largest absolute Gasteiger partial charge is 0.419 e. The zero-order chi connectivity index (χ0) is 27.6. The number of halogens is 4. The van der Waals surface area contributed by atoms with E-state index in [2.05, 4.69) is 15.6 Å². The van der Waals surface area contributed by atoms with Gasteiger partial charge in [0.1, 0.15) is 11.6 Å². The monoisotopic (exact) mass is 541 g/mol. The fraction of sp³-hybridized carbons (Fsp3) is 0.321. The van der Waals surface area contributed by atoms with Crippen molar-refractivity contribution in [3.63, 3.8) is 0 Å². The number of hydrogen-bond donors (Lipinski definition) is 2. The minimum atomic E-state index is -4.76. The van der Waals surface area contributed by atoms with Crippen LogP contribution < -0.4 is 10.6 Å². The van der Waals surface area contributed by atoms with Crippen LogP contribution in [0.4, 0.5) is 39.5 Å². The second-order valence-electron chi connectivity index (χ2n) is 9.70. The molecule has 2 aliphatic rings. The third-order valence-electron chi connectivity index (χ3n) is 7.09. The van der Waals surface area contributed by atoms with E-state index < -0.39 is 17.6 Å². The summed E-state index contributed by atoms with van der Waals surface area (Å²) < 4.78 is 52.8. The SMILES string of the molecule is O=C(Nc1ccccn1)N1CCCC(C(=O)N2CCc3c(cccc3Nc3ccc(C(F)(F)F)c(F)c3)C2)C1. The van der Waals surface area contributed by atoms with Crippen molar-refractivity contribution in [2.24, 2.45) is 5.92 Å². The van der Waals surface area contributed by atoms with Gasteiger partial charge in [-0.1, -0.05) is 18.2 Å². The second kappa shape index (κ2) is 10.9. The number of anilines is 3. The number of fused-ring (bicyclic) bond motifs is 1. The Balaban J connectivity index is 1.24. The van der Waals surface area contributed by atoms with Crippen molar-refractivity contribution >= 4 is 29.1 Å². The van der Waals surface area contributed by atoms with E-state index in [4.69, 9.17) is 0 Å². The Labute approximate surface area is 222 Å². The van der Waals surface area contributed by atoms with Crippen LogP contribution in [0.25, 0.3) is 0 Å². The van der Waals surface area contributed by atoms with Crippen molar-refractivity contribution in [1.82, 2.24) is 14.8 Å². The zero-order valence-electron chi connectivity index (χ0n) is 21.0. The van der Waals surface area contributed by atoms with Gasteiger partial charge in [-0.3, -0.25) is 10.1 Å². The van der Waals surface area contributed by atoms with Gasteiger partial charge in [0.2, 0.25) is 5.91 Å². The zero-order valence-corrected chi connectivity index (χ0v) is 21.0. The van der Waals surface area contributed by atoms with Crippen molar-refractivity contribution < 1.29 is 27.2 Å². The number of nitrogens with zero attached hydrogens (tertiary/aromatic N) is 3. The Morgan fingerprint density at radius 3 is 2.59 bits per heavy atom. The molecule has 1 aromatic heterocycles. The minimum Gasteiger partial charge on any atom is -0.355 e. The van der Waals surface area contributed by atoms with Crippen LogP contribution in [0, 0.1) is 11.7 Å². The maximum Gasteiger partial charge on any atom is 0.419 e. The van der Waals surface area contributed by atoms with Gasteiger partial charge in [0.05, 0.1) is 11.5 Å². The third kappa shape index (κ3) is 5.97. The lowest BCUT2D eigenvalue weighted by Crippen LogP contribution is -2.48. The van der Waals surface area contributed by atoms with Gasteiger partial charge in [-0.15, -0.1) is 0 Å². The number of benzene rings is 2. The Bertz CT molecular complexity index is 1370. The predicted octanol–water partition coefficient (Wildman–Crippen LogP) is 5.81. The molecule has 11 heteroatoms. The van der Waals surface area contributed by atoms with Crippen LogP contribution in [-0.2, 0) is 23.9 Å². The Kier molecular flexibility index (Phi) is 7.40. The molecule has 3 aromatic rings. The van der Waals surface area contributed by atoms with Gasteiger partial charge in [0.25, 0.3) is 0 Å². The molecule has 3 amide bonds. The van der Waals surface area contributed by atoms with Crippen molar-refractivity contribution in [3.05, 3.63) is 83.3 Å². The number of pyridine rings is 1. The topological polar surface area (TPSA) is 77.6 Å². The predicted molar refractivity (Wildman–Crippen MR) is 138 cm³/mol. The molecule has 39 heavy (non-hydrogen) atoms. The van der Waals surface area contributed by atoms with Gasteiger partial charge in [-0.05, 0) is 66.8 Å². The number of carbonyl (C=O) groups excluding carboxylic acids is 2. The third-order valence-corrected chi connectivity index (χ3v) is 7.09. The lowest BCUT2D eigenvalue weighted by Gasteiger charge is -2.37. The molecule has 2 N–H and O–H groups in total. The van der Waals surface area contributed by atoms with E-state index in [9.17, 15) is 27.2 Å². The van der Waals surface area contributed by atoms with Crippen molar-refractivity contribution in [2.45, 2.75) is 32.0 Å². The first-order valence-corrected chi connectivity index (χ1v) is 12.7. The number of alkyl halides is 3. The van der Waals surface area contributed by atoms with Crippen LogP contribution in [0.1, 0.15) is 29.5 Å². The quantitative estimate of drug-likeness (QED) is 0.409. The molecule has 0 spiro atoms. The van der Waals surface area contributed by atoms with E-state index in [1.165, 1.54) is 6.07 Å². The van der Waals surface area contributed by atoms with E-state index in [1.807, 2.05) is 6.07 Å². The molecular weight excluding hydrogens is 514 g/mol. The first-order valence-electron chi connectivity index (χ1n) is 12.7. The Morgan fingerprint density at radius 1 is 1.00 bits per heavy atom. The first kappa shape index (κ1) is 26.5. The molecule has 0 radical (unpaired) electrons. The van der Waals surface area contributed by atoms with E-state index in [1.54, 1.807) is 46.3 Å². The molecule has 1 atom stereocenters. The van der Waals surface area contributed by atoms with Gasteiger partial charge < -0.3 is 15.1 Å². The van der Waals surface area contributed by atoms with Gasteiger partial charge in [-0.2, -0.15) is 13.2 Å². The van der Waals surface area contributed by atoms with E-state index in [0.29, 0.717) is 56.9 Å². The molecule has 0 aliphatic carbocycles. The number of hydrogen-bond acceptors (Lipinski definition) is 4. The molecule has 0 saturated carbocycles. The molecule has 1 unspecified atom stereocenters. The summed E-state index contributed by atoms with van der Waals surface area (Å²) >= 11 is 0. The molecule has 204 valence electrons. The highest BCUT2D eigenvalue weighted by Gasteiger charge is 2.35. The average Bonchev–Trinajstić information content (AvgIpc) is 2.92. The summed E-state index contributed by atoms with van der Waals surface area (Å²) in [6, 6.07) is 13.2. The number of aromatic nitrogens is 1. The fourth-order valence-corrected chi connectivity index (χ4v) is 5.14. The van der Waals surface area contributed by atoms with Crippen LogP contribution in [-0.4, -0.2) is 46.4 Å². The molecule has 2 aliphatic heterocycles. The highest BCUT2D eigenvalue weighted by molar-refractivity contribution is 5.89. The van der Waals surface area contributed by atoms with Gasteiger partial charge in [0, 0.05) is 43.8 Å². The fourth-order valence-electron chi connectivity index (χ4n) is 5.14. The molecule has 3 heterocycles.